The van der Waals surface area contributed by atoms with Gasteiger partial charge in [-0.25, -0.2) is 9.37 Å². The Labute approximate surface area is 125 Å². The van der Waals surface area contributed by atoms with Crippen molar-refractivity contribution in [3.63, 3.8) is 0 Å². The summed E-state index contributed by atoms with van der Waals surface area (Å²) in [6.07, 6.45) is 0. The highest BCUT2D eigenvalue weighted by atomic mass is 32.2. The Morgan fingerprint density at radius 2 is 1.90 bits per heavy atom. The molecule has 0 saturated carbocycles. The van der Waals surface area contributed by atoms with E-state index in [0.29, 0.717) is 10.9 Å². The third kappa shape index (κ3) is 2.83. The Bertz CT molecular complexity index is 796. The van der Waals surface area contributed by atoms with Crippen molar-refractivity contribution in [2.24, 2.45) is 0 Å². The number of carbonyl (C=O) groups excluding carboxylic acids is 1. The van der Waals surface area contributed by atoms with Crippen LogP contribution in [0.1, 0.15) is 17.3 Å². The van der Waals surface area contributed by atoms with Gasteiger partial charge in [0.05, 0.1) is 11.0 Å². The number of para-hydroxylation sites is 2. The number of hydrogen-bond donors (Lipinski definition) is 0. The maximum Gasteiger partial charge on any atom is 0.230 e. The molecule has 0 bridgehead atoms. The van der Waals surface area contributed by atoms with Gasteiger partial charge in [-0.3, -0.25) is 9.36 Å². The molecule has 0 spiro atoms. The molecular weight excluding hydrogens is 287 g/mol. The van der Waals surface area contributed by atoms with Gasteiger partial charge >= 0.3 is 0 Å². The molecule has 0 aliphatic rings. The topological polar surface area (TPSA) is 34.9 Å². The van der Waals surface area contributed by atoms with Crippen LogP contribution in [-0.4, -0.2) is 15.5 Å². The summed E-state index contributed by atoms with van der Waals surface area (Å²) >= 11 is 1.47. The second kappa shape index (κ2) is 5.69. The predicted molar refractivity (Wildman–Crippen MR) is 82.0 cm³/mol. The Morgan fingerprint density at radius 1 is 1.19 bits per heavy atom. The lowest BCUT2D eigenvalue weighted by molar-refractivity contribution is 0.0931. The molecule has 106 valence electrons. The molecule has 0 saturated heterocycles. The Balaban J connectivity index is 1.91. The van der Waals surface area contributed by atoms with Crippen molar-refractivity contribution in [3.05, 3.63) is 59.9 Å². The molecule has 1 aromatic heterocycles. The largest absolute Gasteiger partial charge is 0.274 e. The van der Waals surface area contributed by atoms with E-state index >= 15 is 0 Å². The molecule has 3 aromatic rings. The van der Waals surface area contributed by atoms with Crippen LogP contribution in [0.25, 0.3) is 11.0 Å². The van der Waals surface area contributed by atoms with Crippen LogP contribution >= 0.6 is 11.8 Å². The zero-order chi connectivity index (χ0) is 14.8. The third-order valence-electron chi connectivity index (χ3n) is 3.13. The van der Waals surface area contributed by atoms with Crippen molar-refractivity contribution in [3.8, 4) is 0 Å². The summed E-state index contributed by atoms with van der Waals surface area (Å²) in [5.41, 5.74) is 2.60. The summed E-state index contributed by atoms with van der Waals surface area (Å²) in [6.45, 7) is 1.52. The minimum absolute atomic E-state index is 0.0645. The first kappa shape index (κ1) is 13.8. The van der Waals surface area contributed by atoms with Crippen LogP contribution < -0.4 is 0 Å². The zero-order valence-corrected chi connectivity index (χ0v) is 12.2. The van der Waals surface area contributed by atoms with Crippen LogP contribution in [0.15, 0.2) is 53.7 Å². The van der Waals surface area contributed by atoms with Crippen molar-refractivity contribution in [1.82, 2.24) is 9.55 Å². The van der Waals surface area contributed by atoms with Crippen LogP contribution in [0.4, 0.5) is 4.39 Å². The van der Waals surface area contributed by atoms with Gasteiger partial charge in [-0.05, 0) is 29.8 Å². The number of nitrogens with zero attached hydrogens (tertiary/aromatic N) is 2. The standard InChI is InChI=1S/C16H13FN2OS/c1-11(20)19-15-5-3-2-4-14(15)18-16(19)21-10-12-6-8-13(17)9-7-12/h2-9H,10H2,1H3. The van der Waals surface area contributed by atoms with Gasteiger partial charge in [-0.15, -0.1) is 0 Å². The van der Waals surface area contributed by atoms with Gasteiger partial charge in [0.15, 0.2) is 5.16 Å². The molecule has 3 nitrogen and oxygen atoms in total. The molecule has 0 N–H and O–H groups in total. The van der Waals surface area contributed by atoms with Gasteiger partial charge in [0.2, 0.25) is 5.91 Å². The van der Waals surface area contributed by atoms with Gasteiger partial charge in [-0.1, -0.05) is 36.0 Å². The van der Waals surface area contributed by atoms with Gasteiger partial charge < -0.3 is 0 Å². The molecule has 0 atom stereocenters. The Morgan fingerprint density at radius 3 is 2.62 bits per heavy atom. The molecule has 0 amide bonds. The number of fused-ring (bicyclic) bond motifs is 1. The zero-order valence-electron chi connectivity index (χ0n) is 11.4. The molecule has 0 radical (unpaired) electrons. The predicted octanol–water partition coefficient (Wildman–Crippen LogP) is 4.13. The molecule has 1 heterocycles. The van der Waals surface area contributed by atoms with Crippen LogP contribution in [0.2, 0.25) is 0 Å². The summed E-state index contributed by atoms with van der Waals surface area (Å²) in [4.78, 5) is 16.4. The number of rotatable bonds is 3. The van der Waals surface area contributed by atoms with E-state index in [0.717, 1.165) is 16.6 Å². The summed E-state index contributed by atoms with van der Waals surface area (Å²) < 4.78 is 14.5. The smallest absolute Gasteiger partial charge is 0.230 e. The number of halogens is 1. The van der Waals surface area contributed by atoms with Crippen LogP contribution in [0, 0.1) is 5.82 Å². The fourth-order valence-electron chi connectivity index (χ4n) is 2.13. The molecule has 21 heavy (non-hydrogen) atoms. The Hall–Kier alpha value is -2.14. The normalized spacial score (nSPS) is 11.0. The lowest BCUT2D eigenvalue weighted by atomic mass is 10.2. The number of carbonyl (C=O) groups is 1. The van der Waals surface area contributed by atoms with Gasteiger partial charge in [0, 0.05) is 12.7 Å². The maximum absolute atomic E-state index is 12.9. The average Bonchev–Trinajstić information content (AvgIpc) is 2.85. The lowest BCUT2D eigenvalue weighted by Gasteiger charge is -2.04. The van der Waals surface area contributed by atoms with Crippen LogP contribution in [0.3, 0.4) is 0 Å². The monoisotopic (exact) mass is 300 g/mol. The number of imidazole rings is 1. The SMILES string of the molecule is CC(=O)n1c(SCc2ccc(F)cc2)nc2ccccc21. The first-order chi connectivity index (χ1) is 10.1. The van der Waals surface area contributed by atoms with E-state index in [1.54, 1.807) is 16.7 Å². The van der Waals surface area contributed by atoms with E-state index < -0.39 is 0 Å². The van der Waals surface area contributed by atoms with E-state index in [2.05, 4.69) is 4.98 Å². The fraction of sp³-hybridized carbons (Fsp3) is 0.125. The number of thioether (sulfide) groups is 1. The Kier molecular flexibility index (Phi) is 3.75. The quantitative estimate of drug-likeness (QED) is 0.682. The first-order valence-corrected chi connectivity index (χ1v) is 7.49. The fourth-order valence-corrected chi connectivity index (χ4v) is 3.14. The highest BCUT2D eigenvalue weighted by Crippen LogP contribution is 2.26. The number of benzene rings is 2. The first-order valence-electron chi connectivity index (χ1n) is 6.51. The summed E-state index contributed by atoms with van der Waals surface area (Å²) in [5.74, 6) is 0.321. The van der Waals surface area contributed by atoms with E-state index in [1.807, 2.05) is 24.3 Å². The molecule has 3 rings (SSSR count). The highest BCUT2D eigenvalue weighted by molar-refractivity contribution is 7.98. The summed E-state index contributed by atoms with van der Waals surface area (Å²) in [7, 11) is 0. The molecule has 0 aliphatic heterocycles. The van der Waals surface area contributed by atoms with Crippen molar-refractivity contribution in [1.29, 1.82) is 0 Å². The third-order valence-corrected chi connectivity index (χ3v) is 4.14. The van der Waals surface area contributed by atoms with Gasteiger partial charge in [0.25, 0.3) is 0 Å². The maximum atomic E-state index is 12.9. The van der Waals surface area contributed by atoms with E-state index in [4.69, 9.17) is 0 Å². The lowest BCUT2D eigenvalue weighted by Crippen LogP contribution is -2.06. The molecule has 0 unspecified atom stereocenters. The van der Waals surface area contributed by atoms with Crippen LogP contribution in [0.5, 0.6) is 0 Å². The molecule has 2 aromatic carbocycles. The second-order valence-corrected chi connectivity index (χ2v) is 5.60. The second-order valence-electron chi connectivity index (χ2n) is 4.65. The summed E-state index contributed by atoms with van der Waals surface area (Å²) in [5, 5.41) is 0.660. The van der Waals surface area contributed by atoms with E-state index in [-0.39, 0.29) is 11.7 Å². The van der Waals surface area contributed by atoms with Crippen LogP contribution in [-0.2, 0) is 5.75 Å². The van der Waals surface area contributed by atoms with Gasteiger partial charge in [0.1, 0.15) is 5.82 Å². The highest BCUT2D eigenvalue weighted by Gasteiger charge is 2.13. The minimum atomic E-state index is -0.250. The van der Waals surface area contributed by atoms with Crippen molar-refractivity contribution >= 4 is 28.7 Å². The number of hydrogen-bond acceptors (Lipinski definition) is 3. The van der Waals surface area contributed by atoms with Crippen molar-refractivity contribution in [2.75, 3.05) is 0 Å². The van der Waals surface area contributed by atoms with Crippen molar-refractivity contribution < 1.29 is 9.18 Å². The van der Waals surface area contributed by atoms with E-state index in [1.165, 1.54) is 30.8 Å². The van der Waals surface area contributed by atoms with E-state index in [9.17, 15) is 9.18 Å². The minimum Gasteiger partial charge on any atom is -0.274 e. The number of aromatic nitrogens is 2. The van der Waals surface area contributed by atoms with Gasteiger partial charge in [-0.2, -0.15) is 0 Å². The summed E-state index contributed by atoms with van der Waals surface area (Å²) in [6, 6.07) is 13.9. The molecule has 0 fully saturated rings. The molecular formula is C16H13FN2OS. The molecule has 0 aliphatic carbocycles. The molecule has 5 heteroatoms. The average molecular weight is 300 g/mol. The van der Waals surface area contributed by atoms with Crippen molar-refractivity contribution in [2.45, 2.75) is 17.8 Å².